The number of aliphatic imine (C=N–C) groups is 2. The summed E-state index contributed by atoms with van der Waals surface area (Å²) in [6, 6.07) is 28.0. The summed E-state index contributed by atoms with van der Waals surface area (Å²) >= 11 is 3.84. The molecule has 0 aliphatic heterocycles. The van der Waals surface area contributed by atoms with Crippen LogP contribution in [-0.2, 0) is 0 Å². The van der Waals surface area contributed by atoms with E-state index in [0.29, 0.717) is 0 Å². The van der Waals surface area contributed by atoms with Gasteiger partial charge in [0, 0.05) is 47.9 Å². The zero-order chi connectivity index (χ0) is 31.4. The molecule has 7 aromatic rings. The predicted molar refractivity (Wildman–Crippen MR) is 201 cm³/mol. The van der Waals surface area contributed by atoms with E-state index in [1.165, 1.54) is 53.0 Å². The summed E-state index contributed by atoms with van der Waals surface area (Å²) in [5.41, 5.74) is 13.2. The molecule has 0 radical (unpaired) electrons. The molecule has 46 heavy (non-hydrogen) atoms. The maximum atomic E-state index is 4.82. The highest BCUT2D eigenvalue weighted by atomic mass is 32.1. The summed E-state index contributed by atoms with van der Waals surface area (Å²) < 4.78 is 2.73. The van der Waals surface area contributed by atoms with E-state index in [9.17, 15) is 0 Å². The van der Waals surface area contributed by atoms with Crippen molar-refractivity contribution in [1.29, 1.82) is 0 Å². The minimum Gasteiger partial charge on any atom is -0.338 e. The van der Waals surface area contributed by atoms with Gasteiger partial charge in [0.25, 0.3) is 0 Å². The van der Waals surface area contributed by atoms with Gasteiger partial charge in [0.2, 0.25) is 0 Å². The van der Waals surface area contributed by atoms with E-state index in [-0.39, 0.29) is 0 Å². The first-order valence-corrected chi connectivity index (χ1v) is 17.5. The van der Waals surface area contributed by atoms with Crippen LogP contribution in [0.1, 0.15) is 58.2 Å². The average molecular weight is 635 g/mol. The van der Waals surface area contributed by atoms with Crippen LogP contribution in [0.25, 0.3) is 53.7 Å². The van der Waals surface area contributed by atoms with E-state index in [1.807, 2.05) is 66.1 Å². The van der Waals surface area contributed by atoms with E-state index in [4.69, 9.17) is 9.98 Å². The maximum Gasteiger partial charge on any atom is 0.138 e. The molecule has 8 rings (SSSR count). The van der Waals surface area contributed by atoms with E-state index >= 15 is 0 Å². The molecule has 226 valence electrons. The Morgan fingerprint density at radius 3 is 2.11 bits per heavy atom. The fourth-order valence-electron chi connectivity index (χ4n) is 6.90. The number of rotatable bonds is 6. The molecule has 0 saturated carbocycles. The molecular weight excluding hydrogens is 601 g/mol. The van der Waals surface area contributed by atoms with E-state index in [2.05, 4.69) is 79.3 Å². The Labute approximate surface area is 276 Å². The number of H-pyrrole nitrogens is 1. The quantitative estimate of drug-likeness (QED) is 0.182. The molecule has 3 aromatic heterocycles. The number of allylic oxidation sites excluding steroid dienone is 2. The van der Waals surface area contributed by atoms with Crippen LogP contribution in [-0.4, -0.2) is 22.4 Å². The van der Waals surface area contributed by atoms with Gasteiger partial charge >= 0.3 is 0 Å². The molecule has 1 N–H and O–H groups in total. The van der Waals surface area contributed by atoms with Crippen LogP contribution in [0, 0.1) is 20.8 Å². The van der Waals surface area contributed by atoms with Gasteiger partial charge in [0.1, 0.15) is 5.82 Å². The summed E-state index contributed by atoms with van der Waals surface area (Å²) in [6.07, 6.45) is 7.29. The van der Waals surface area contributed by atoms with Gasteiger partial charge in [-0.3, -0.25) is 9.98 Å². The monoisotopic (exact) mass is 634 g/mol. The van der Waals surface area contributed by atoms with Crippen LogP contribution in [0.5, 0.6) is 0 Å². The predicted octanol–water partition coefficient (Wildman–Crippen LogP) is 12.2. The number of thiophene rings is 2. The van der Waals surface area contributed by atoms with Crippen molar-refractivity contribution in [1.82, 2.24) is 9.97 Å². The molecule has 0 spiro atoms. The van der Waals surface area contributed by atoms with Crippen molar-refractivity contribution in [3.8, 4) is 11.4 Å². The number of hydrogen-bond donors (Lipinski definition) is 1. The maximum absolute atomic E-state index is 4.82. The lowest BCUT2D eigenvalue weighted by molar-refractivity contribution is 0.942. The largest absolute Gasteiger partial charge is 0.338 e. The Morgan fingerprint density at radius 2 is 1.39 bits per heavy atom. The number of fused-ring (bicyclic) bond motifs is 3. The van der Waals surface area contributed by atoms with Crippen LogP contribution < -0.4 is 0 Å². The van der Waals surface area contributed by atoms with Gasteiger partial charge in [-0.25, -0.2) is 4.98 Å². The Morgan fingerprint density at radius 1 is 0.717 bits per heavy atom. The molecule has 4 aromatic carbocycles. The van der Waals surface area contributed by atoms with Gasteiger partial charge in [-0.15, -0.1) is 22.7 Å². The van der Waals surface area contributed by atoms with Crippen molar-refractivity contribution in [2.75, 3.05) is 0 Å². The third-order valence-electron chi connectivity index (χ3n) is 8.98. The summed E-state index contributed by atoms with van der Waals surface area (Å²) in [5.74, 6) is 0.843. The van der Waals surface area contributed by atoms with Gasteiger partial charge in [-0.1, -0.05) is 24.3 Å². The lowest BCUT2D eigenvalue weighted by Gasteiger charge is -2.10. The van der Waals surface area contributed by atoms with Crippen molar-refractivity contribution in [3.05, 3.63) is 111 Å². The topological polar surface area (TPSA) is 53.4 Å². The van der Waals surface area contributed by atoms with Crippen LogP contribution in [0.4, 0.5) is 11.4 Å². The first-order chi connectivity index (χ1) is 22.4. The first kappa shape index (κ1) is 28.8. The molecule has 0 atom stereocenters. The lowest BCUT2D eigenvalue weighted by Crippen LogP contribution is -1.89. The Kier molecular flexibility index (Phi) is 7.27. The van der Waals surface area contributed by atoms with Crippen molar-refractivity contribution in [2.45, 2.75) is 47.0 Å². The molecule has 6 heteroatoms. The van der Waals surface area contributed by atoms with Crippen molar-refractivity contribution >= 4 is 88.8 Å². The second-order valence-corrected chi connectivity index (χ2v) is 14.6. The lowest BCUT2D eigenvalue weighted by atomic mass is 9.93. The number of hydrogen-bond acceptors (Lipinski definition) is 5. The number of nitrogens with one attached hydrogen (secondary N) is 1. The Bertz CT molecular complexity index is 2380. The number of benzene rings is 4. The molecular formula is C40H34N4S2. The van der Waals surface area contributed by atoms with Gasteiger partial charge < -0.3 is 4.98 Å². The van der Waals surface area contributed by atoms with Gasteiger partial charge in [0.15, 0.2) is 0 Å². The average Bonchev–Trinajstić information content (AvgIpc) is 3.83. The molecule has 3 heterocycles. The van der Waals surface area contributed by atoms with Crippen molar-refractivity contribution < 1.29 is 0 Å². The summed E-state index contributed by atoms with van der Waals surface area (Å²) in [5, 5.41) is 2.78. The minimum atomic E-state index is 0.843. The smallest absolute Gasteiger partial charge is 0.138 e. The Hall–Kier alpha value is -4.65. The molecule has 0 unspecified atom stereocenters. The van der Waals surface area contributed by atoms with E-state index < -0.39 is 0 Å². The zero-order valence-corrected chi connectivity index (χ0v) is 28.1. The normalized spacial score (nSPS) is 14.0. The molecule has 0 saturated heterocycles. The minimum absolute atomic E-state index is 0.843. The van der Waals surface area contributed by atoms with Crippen LogP contribution in [0.15, 0.2) is 88.8 Å². The van der Waals surface area contributed by atoms with Gasteiger partial charge in [-0.2, -0.15) is 0 Å². The van der Waals surface area contributed by atoms with Crippen LogP contribution in [0.2, 0.25) is 0 Å². The standard InChI is InChI=1S/C40H34N4S2/c1-5-41-29-15-18-34-35(21-29)44-40(43-34)27-11-13-28(14-12-27)42-22-26-10-17-33-37(20-26)46-25(4)39(33)31-8-6-7-30(31)38-24(3)45-36-19-23(2)9-16-32(36)38/h5,9-22H,6-8H2,1-4H3,(H,43,44). The molecule has 0 amide bonds. The molecule has 4 nitrogen and oxygen atoms in total. The second-order valence-electron chi connectivity index (χ2n) is 12.1. The number of imidazole rings is 1. The Balaban J connectivity index is 1.07. The SMILES string of the molecule is CC=Nc1ccc2[nH]c(-c3ccc(N=Cc4ccc5c(C6=C(c7c(C)sc8cc(C)ccc78)CCC6)c(C)sc5c4)cc3)nc2c1. The van der Waals surface area contributed by atoms with E-state index in [1.54, 1.807) is 17.4 Å². The fourth-order valence-corrected chi connectivity index (χ4v) is 9.23. The van der Waals surface area contributed by atoms with Crippen molar-refractivity contribution in [2.24, 2.45) is 9.98 Å². The summed E-state index contributed by atoms with van der Waals surface area (Å²) in [7, 11) is 0. The van der Waals surface area contributed by atoms with Gasteiger partial charge in [0.05, 0.1) is 22.4 Å². The first-order valence-electron chi connectivity index (χ1n) is 15.8. The highest BCUT2D eigenvalue weighted by molar-refractivity contribution is 7.19. The molecule has 0 fully saturated rings. The fraction of sp³-hybridized carbons (Fsp3) is 0.175. The molecule has 1 aliphatic carbocycles. The van der Waals surface area contributed by atoms with E-state index in [0.717, 1.165) is 52.2 Å². The van der Waals surface area contributed by atoms with Crippen molar-refractivity contribution in [3.63, 3.8) is 0 Å². The summed E-state index contributed by atoms with van der Waals surface area (Å²) in [4.78, 5) is 20.2. The van der Waals surface area contributed by atoms with Crippen LogP contribution in [0.3, 0.4) is 0 Å². The molecule has 0 bridgehead atoms. The third kappa shape index (κ3) is 5.12. The zero-order valence-electron chi connectivity index (χ0n) is 26.4. The number of aromatic amines is 1. The number of aromatic nitrogens is 2. The second kappa shape index (κ2) is 11.6. The highest BCUT2D eigenvalue weighted by Gasteiger charge is 2.25. The number of nitrogens with zero attached hydrogens (tertiary/aromatic N) is 3. The van der Waals surface area contributed by atoms with Crippen LogP contribution >= 0.6 is 22.7 Å². The highest BCUT2D eigenvalue weighted by Crippen LogP contribution is 2.49. The third-order valence-corrected chi connectivity index (χ3v) is 11.1. The number of aryl methyl sites for hydroxylation is 3. The molecule has 1 aliphatic rings. The summed E-state index contributed by atoms with van der Waals surface area (Å²) in [6.45, 7) is 8.70. The van der Waals surface area contributed by atoms with Gasteiger partial charge in [-0.05, 0) is 135 Å².